The number of methoxy groups -OCH3 is 2. The number of ether oxygens (including phenoxy) is 3. The van der Waals surface area contributed by atoms with Crippen molar-refractivity contribution in [1.82, 2.24) is 10.2 Å². The van der Waals surface area contributed by atoms with Gasteiger partial charge in [0.05, 0.1) is 14.2 Å². The number of guanidine groups is 1. The Kier molecular flexibility index (Phi) is 10.3. The van der Waals surface area contributed by atoms with Crippen LogP contribution >= 0.6 is 24.0 Å². The number of hydrogen-bond acceptors (Lipinski definition) is 4. The highest BCUT2D eigenvalue weighted by Gasteiger charge is 2.26. The van der Waals surface area contributed by atoms with Gasteiger partial charge in [0.1, 0.15) is 5.75 Å². The lowest BCUT2D eigenvalue weighted by molar-refractivity contribution is -0.0512. The summed E-state index contributed by atoms with van der Waals surface area (Å²) < 4.78 is 40.1. The number of aliphatic imine (C=N–C) groups is 1. The van der Waals surface area contributed by atoms with Crippen LogP contribution in [-0.2, 0) is 6.42 Å². The molecule has 1 fully saturated rings. The number of rotatable bonds is 8. The Hall–Kier alpha value is -2.30. The van der Waals surface area contributed by atoms with Crippen molar-refractivity contribution in [2.75, 3.05) is 40.9 Å². The SMILES string of the molecule is CN=C(NCCc1ccc(OC)c(OC(F)F)c1)N1CCC(c2ccc(OC)cc2)C1.I. The maximum atomic E-state index is 12.6. The highest BCUT2D eigenvalue weighted by molar-refractivity contribution is 14.0. The number of likely N-dealkylation sites (tertiary alicyclic amines) is 1. The van der Waals surface area contributed by atoms with E-state index in [1.807, 2.05) is 18.2 Å². The van der Waals surface area contributed by atoms with Crippen LogP contribution in [0.2, 0.25) is 0 Å². The smallest absolute Gasteiger partial charge is 0.387 e. The van der Waals surface area contributed by atoms with Crippen molar-refractivity contribution in [2.24, 2.45) is 4.99 Å². The fourth-order valence-corrected chi connectivity index (χ4v) is 3.82. The quantitative estimate of drug-likeness (QED) is 0.292. The van der Waals surface area contributed by atoms with Crippen LogP contribution < -0.4 is 19.5 Å². The van der Waals surface area contributed by atoms with Crippen LogP contribution in [-0.4, -0.2) is 58.4 Å². The molecule has 1 aliphatic rings. The Morgan fingerprint density at radius 1 is 1.12 bits per heavy atom. The average Bonchev–Trinajstić information content (AvgIpc) is 3.26. The van der Waals surface area contributed by atoms with Gasteiger partial charge in [0, 0.05) is 32.6 Å². The molecule has 2 aromatic carbocycles. The van der Waals surface area contributed by atoms with Gasteiger partial charge in [-0.2, -0.15) is 8.78 Å². The van der Waals surface area contributed by atoms with Crippen molar-refractivity contribution in [3.63, 3.8) is 0 Å². The third-order valence-electron chi connectivity index (χ3n) is 5.43. The molecule has 32 heavy (non-hydrogen) atoms. The molecule has 0 bridgehead atoms. The maximum Gasteiger partial charge on any atom is 0.387 e. The molecule has 1 N–H and O–H groups in total. The van der Waals surface area contributed by atoms with Crippen LogP contribution in [0.15, 0.2) is 47.5 Å². The second kappa shape index (κ2) is 12.7. The fraction of sp³-hybridized carbons (Fsp3) is 0.435. The summed E-state index contributed by atoms with van der Waals surface area (Å²) in [6.45, 7) is -0.460. The second-order valence-electron chi connectivity index (χ2n) is 7.29. The molecule has 2 aromatic rings. The zero-order chi connectivity index (χ0) is 22.2. The Morgan fingerprint density at radius 2 is 1.88 bits per heavy atom. The number of halogens is 3. The molecule has 1 aliphatic heterocycles. The molecule has 0 amide bonds. The topological polar surface area (TPSA) is 55.3 Å². The van der Waals surface area contributed by atoms with Crippen LogP contribution in [0.4, 0.5) is 8.78 Å². The molecule has 0 aliphatic carbocycles. The van der Waals surface area contributed by atoms with Crippen LogP contribution in [0.3, 0.4) is 0 Å². The Morgan fingerprint density at radius 3 is 2.50 bits per heavy atom. The van der Waals surface area contributed by atoms with Gasteiger partial charge in [-0.1, -0.05) is 18.2 Å². The number of nitrogens with zero attached hydrogens (tertiary/aromatic N) is 2. The zero-order valence-electron chi connectivity index (χ0n) is 18.5. The molecule has 3 rings (SSSR count). The summed E-state index contributed by atoms with van der Waals surface area (Å²) in [6.07, 6.45) is 1.69. The first kappa shape index (κ1) is 26.0. The minimum Gasteiger partial charge on any atom is -0.497 e. The number of alkyl halides is 2. The van der Waals surface area contributed by atoms with E-state index >= 15 is 0 Å². The normalized spacial score (nSPS) is 16.0. The molecule has 1 atom stereocenters. The van der Waals surface area contributed by atoms with Crippen molar-refractivity contribution >= 4 is 29.9 Å². The zero-order valence-corrected chi connectivity index (χ0v) is 20.8. The molecule has 9 heteroatoms. The number of benzene rings is 2. The monoisotopic (exact) mass is 561 g/mol. The molecule has 6 nitrogen and oxygen atoms in total. The van der Waals surface area contributed by atoms with Crippen LogP contribution in [0.25, 0.3) is 0 Å². The van der Waals surface area contributed by atoms with E-state index in [1.54, 1.807) is 26.3 Å². The van der Waals surface area contributed by atoms with Gasteiger partial charge in [0.2, 0.25) is 0 Å². The molecule has 0 radical (unpaired) electrons. The molecule has 0 saturated carbocycles. The Bertz CT molecular complexity index is 881. The van der Waals surface area contributed by atoms with Gasteiger partial charge in [0.15, 0.2) is 17.5 Å². The molecule has 0 aromatic heterocycles. The van der Waals surface area contributed by atoms with Crippen LogP contribution in [0.5, 0.6) is 17.2 Å². The third-order valence-corrected chi connectivity index (χ3v) is 5.43. The van der Waals surface area contributed by atoms with E-state index in [1.165, 1.54) is 12.7 Å². The van der Waals surface area contributed by atoms with Crippen molar-refractivity contribution in [3.8, 4) is 17.2 Å². The summed E-state index contributed by atoms with van der Waals surface area (Å²) in [5.74, 6) is 2.47. The van der Waals surface area contributed by atoms with Crippen LogP contribution in [0.1, 0.15) is 23.5 Å². The summed E-state index contributed by atoms with van der Waals surface area (Å²) in [5, 5.41) is 3.37. The highest BCUT2D eigenvalue weighted by atomic mass is 127. The first-order chi connectivity index (χ1) is 15.0. The lowest BCUT2D eigenvalue weighted by Gasteiger charge is -2.22. The lowest BCUT2D eigenvalue weighted by Crippen LogP contribution is -2.40. The van der Waals surface area contributed by atoms with E-state index < -0.39 is 6.61 Å². The van der Waals surface area contributed by atoms with Gasteiger partial charge in [-0.25, -0.2) is 0 Å². The molecule has 1 unspecified atom stereocenters. The molecule has 0 spiro atoms. The van der Waals surface area contributed by atoms with Crippen molar-refractivity contribution in [3.05, 3.63) is 53.6 Å². The van der Waals surface area contributed by atoms with Gasteiger partial charge in [-0.3, -0.25) is 4.99 Å². The van der Waals surface area contributed by atoms with Gasteiger partial charge in [0.25, 0.3) is 0 Å². The Labute approximate surface area is 205 Å². The fourth-order valence-electron chi connectivity index (χ4n) is 3.82. The lowest BCUT2D eigenvalue weighted by atomic mass is 9.98. The predicted molar refractivity (Wildman–Crippen MR) is 132 cm³/mol. The summed E-state index contributed by atoms with van der Waals surface area (Å²) in [5.41, 5.74) is 2.17. The summed E-state index contributed by atoms with van der Waals surface area (Å²) in [4.78, 5) is 6.65. The van der Waals surface area contributed by atoms with E-state index in [2.05, 4.69) is 32.1 Å². The highest BCUT2D eigenvalue weighted by Crippen LogP contribution is 2.30. The molecular formula is C23H30F2IN3O3. The van der Waals surface area contributed by atoms with Gasteiger partial charge in [-0.05, 0) is 48.2 Å². The second-order valence-corrected chi connectivity index (χ2v) is 7.29. The van der Waals surface area contributed by atoms with E-state index in [0.29, 0.717) is 18.9 Å². The van der Waals surface area contributed by atoms with Crippen molar-refractivity contribution in [1.29, 1.82) is 0 Å². The van der Waals surface area contributed by atoms with Gasteiger partial charge < -0.3 is 24.4 Å². The summed E-state index contributed by atoms with van der Waals surface area (Å²) >= 11 is 0. The van der Waals surface area contributed by atoms with Crippen molar-refractivity contribution in [2.45, 2.75) is 25.4 Å². The Balaban J connectivity index is 0.00000363. The summed E-state index contributed by atoms with van der Waals surface area (Å²) in [7, 11) is 4.86. The predicted octanol–water partition coefficient (Wildman–Crippen LogP) is 4.53. The molecular weight excluding hydrogens is 531 g/mol. The number of nitrogens with one attached hydrogen (secondary N) is 1. The molecule has 1 saturated heterocycles. The average molecular weight is 561 g/mol. The van der Waals surface area contributed by atoms with E-state index in [-0.39, 0.29) is 35.5 Å². The maximum absolute atomic E-state index is 12.6. The largest absolute Gasteiger partial charge is 0.497 e. The standard InChI is InChI=1S/C23H29F2N3O3.HI/c1-26-23(28-13-11-18(15-28)17-5-7-19(29-2)8-6-17)27-12-10-16-4-9-20(30-3)21(14-16)31-22(24)25;/h4-9,14,18,22H,10-13,15H2,1-3H3,(H,26,27);1H. The number of hydrogen-bond donors (Lipinski definition) is 1. The molecule has 1 heterocycles. The third kappa shape index (κ3) is 6.85. The van der Waals surface area contributed by atoms with Crippen molar-refractivity contribution < 1.29 is 23.0 Å². The van der Waals surface area contributed by atoms with Crippen LogP contribution in [0, 0.1) is 0 Å². The van der Waals surface area contributed by atoms with Gasteiger partial charge in [-0.15, -0.1) is 24.0 Å². The summed E-state index contributed by atoms with van der Waals surface area (Å²) in [6, 6.07) is 13.3. The molecule has 176 valence electrons. The van der Waals surface area contributed by atoms with E-state index in [4.69, 9.17) is 9.47 Å². The first-order valence-corrected chi connectivity index (χ1v) is 10.2. The van der Waals surface area contributed by atoms with E-state index in [0.717, 1.165) is 36.8 Å². The minimum absolute atomic E-state index is 0. The van der Waals surface area contributed by atoms with Gasteiger partial charge >= 0.3 is 6.61 Å². The van der Waals surface area contributed by atoms with E-state index in [9.17, 15) is 8.78 Å². The first-order valence-electron chi connectivity index (χ1n) is 10.2. The minimum atomic E-state index is -2.89.